The zero-order valence-corrected chi connectivity index (χ0v) is 11.6. The zero-order valence-electron chi connectivity index (χ0n) is 11.6. The Morgan fingerprint density at radius 1 is 0.773 bits per heavy atom. The molecule has 3 aromatic carbocycles. The van der Waals surface area contributed by atoms with Gasteiger partial charge in [0.05, 0.1) is 16.0 Å². The predicted octanol–water partition coefficient (Wildman–Crippen LogP) is 4.69. The summed E-state index contributed by atoms with van der Waals surface area (Å²) in [6, 6.07) is 23.0. The number of para-hydroxylation sites is 2. The average molecular weight is 288 g/mol. The molecule has 1 aromatic heterocycles. The van der Waals surface area contributed by atoms with Gasteiger partial charge in [-0.3, -0.25) is 10.1 Å². The summed E-state index contributed by atoms with van der Waals surface area (Å²) >= 11 is 0. The highest BCUT2D eigenvalue weighted by molar-refractivity contribution is 6.09. The molecule has 0 spiro atoms. The summed E-state index contributed by atoms with van der Waals surface area (Å²) in [4.78, 5) is 10.7. The first kappa shape index (κ1) is 12.6. The van der Waals surface area contributed by atoms with Gasteiger partial charge in [0.1, 0.15) is 0 Å². The van der Waals surface area contributed by atoms with Gasteiger partial charge in [0, 0.05) is 28.6 Å². The minimum absolute atomic E-state index is 0.114. The van der Waals surface area contributed by atoms with Crippen molar-refractivity contribution in [2.75, 3.05) is 0 Å². The van der Waals surface area contributed by atoms with Crippen LogP contribution in [-0.2, 0) is 0 Å². The minimum Gasteiger partial charge on any atom is -0.309 e. The molecule has 4 heteroatoms. The van der Waals surface area contributed by atoms with Crippen molar-refractivity contribution >= 4 is 27.5 Å². The van der Waals surface area contributed by atoms with E-state index in [1.165, 1.54) is 0 Å². The standard InChI is InChI=1S/C18H12N2O2/c21-20(22)14-10-11-18-16(12-14)15-8-4-5-9-17(15)19(18)13-6-2-1-3-7-13/h1-12H. The van der Waals surface area contributed by atoms with Crippen LogP contribution in [-0.4, -0.2) is 9.49 Å². The van der Waals surface area contributed by atoms with Crippen molar-refractivity contribution in [3.63, 3.8) is 0 Å². The topological polar surface area (TPSA) is 48.1 Å². The molecule has 0 aliphatic rings. The van der Waals surface area contributed by atoms with E-state index in [1.807, 2.05) is 60.7 Å². The van der Waals surface area contributed by atoms with Crippen molar-refractivity contribution in [2.45, 2.75) is 0 Å². The molecule has 0 atom stereocenters. The number of hydrogen-bond donors (Lipinski definition) is 0. The maximum Gasteiger partial charge on any atom is 0.270 e. The van der Waals surface area contributed by atoms with Gasteiger partial charge in [0.15, 0.2) is 0 Å². The number of non-ortho nitro benzene ring substituents is 1. The zero-order chi connectivity index (χ0) is 15.1. The van der Waals surface area contributed by atoms with Crippen LogP contribution >= 0.6 is 0 Å². The van der Waals surface area contributed by atoms with E-state index in [9.17, 15) is 10.1 Å². The van der Waals surface area contributed by atoms with Crippen LogP contribution in [0.1, 0.15) is 0 Å². The number of nitrogens with zero attached hydrogens (tertiary/aromatic N) is 2. The van der Waals surface area contributed by atoms with Crippen molar-refractivity contribution < 1.29 is 4.92 Å². The van der Waals surface area contributed by atoms with Crippen molar-refractivity contribution in [1.82, 2.24) is 4.57 Å². The average Bonchev–Trinajstić information content (AvgIpc) is 2.89. The van der Waals surface area contributed by atoms with Gasteiger partial charge in [-0.25, -0.2) is 0 Å². The fourth-order valence-electron chi connectivity index (χ4n) is 2.93. The van der Waals surface area contributed by atoms with E-state index in [-0.39, 0.29) is 10.6 Å². The second kappa shape index (κ2) is 4.70. The molecule has 0 saturated carbocycles. The van der Waals surface area contributed by atoms with Gasteiger partial charge in [0.2, 0.25) is 0 Å². The molecule has 1 heterocycles. The number of hydrogen-bond acceptors (Lipinski definition) is 2. The van der Waals surface area contributed by atoms with Crippen molar-refractivity contribution in [2.24, 2.45) is 0 Å². The molecule has 0 amide bonds. The maximum atomic E-state index is 11.1. The molecule has 4 aromatic rings. The molecule has 106 valence electrons. The van der Waals surface area contributed by atoms with Gasteiger partial charge < -0.3 is 4.57 Å². The van der Waals surface area contributed by atoms with Crippen LogP contribution in [0.25, 0.3) is 27.5 Å². The normalized spacial score (nSPS) is 11.1. The van der Waals surface area contributed by atoms with Crippen molar-refractivity contribution in [1.29, 1.82) is 0 Å². The van der Waals surface area contributed by atoms with E-state index in [4.69, 9.17) is 0 Å². The van der Waals surface area contributed by atoms with Crippen molar-refractivity contribution in [3.8, 4) is 5.69 Å². The summed E-state index contributed by atoms with van der Waals surface area (Å²) in [5.41, 5.74) is 3.17. The third kappa shape index (κ3) is 1.78. The van der Waals surface area contributed by atoms with E-state index in [1.54, 1.807) is 12.1 Å². The predicted molar refractivity (Wildman–Crippen MR) is 87.4 cm³/mol. The molecule has 22 heavy (non-hydrogen) atoms. The summed E-state index contributed by atoms with van der Waals surface area (Å²) in [6.45, 7) is 0. The molecule has 0 fully saturated rings. The summed E-state index contributed by atoms with van der Waals surface area (Å²) in [6.07, 6.45) is 0. The van der Waals surface area contributed by atoms with E-state index in [2.05, 4.69) is 4.57 Å². The third-order valence-electron chi connectivity index (χ3n) is 3.88. The van der Waals surface area contributed by atoms with Crippen molar-refractivity contribution in [3.05, 3.63) is 82.9 Å². The molecular weight excluding hydrogens is 276 g/mol. The van der Waals surface area contributed by atoms with E-state index in [0.717, 1.165) is 27.5 Å². The van der Waals surface area contributed by atoms with Crippen LogP contribution in [0.5, 0.6) is 0 Å². The van der Waals surface area contributed by atoms with Crippen LogP contribution in [0.4, 0.5) is 5.69 Å². The third-order valence-corrected chi connectivity index (χ3v) is 3.88. The Kier molecular flexibility index (Phi) is 2.69. The maximum absolute atomic E-state index is 11.1. The highest BCUT2D eigenvalue weighted by Gasteiger charge is 2.15. The van der Waals surface area contributed by atoms with Crippen LogP contribution < -0.4 is 0 Å². The summed E-state index contributed by atoms with van der Waals surface area (Å²) in [5, 5.41) is 13.0. The number of nitro groups is 1. The molecule has 0 saturated heterocycles. The molecule has 0 bridgehead atoms. The second-order valence-corrected chi connectivity index (χ2v) is 5.15. The van der Waals surface area contributed by atoms with Gasteiger partial charge >= 0.3 is 0 Å². The smallest absolute Gasteiger partial charge is 0.270 e. The molecule has 0 N–H and O–H groups in total. The van der Waals surface area contributed by atoms with Crippen LogP contribution in [0, 0.1) is 10.1 Å². The number of nitro benzene ring substituents is 1. The first-order valence-corrected chi connectivity index (χ1v) is 6.99. The largest absolute Gasteiger partial charge is 0.309 e. The quantitative estimate of drug-likeness (QED) is 0.397. The number of rotatable bonds is 2. The number of benzene rings is 3. The lowest BCUT2D eigenvalue weighted by atomic mass is 10.1. The van der Waals surface area contributed by atoms with Crippen LogP contribution in [0.2, 0.25) is 0 Å². The Morgan fingerprint density at radius 3 is 2.23 bits per heavy atom. The molecule has 0 aliphatic carbocycles. The fraction of sp³-hybridized carbons (Fsp3) is 0. The number of fused-ring (bicyclic) bond motifs is 3. The lowest BCUT2D eigenvalue weighted by Crippen LogP contribution is -1.93. The Morgan fingerprint density at radius 2 is 1.45 bits per heavy atom. The first-order valence-electron chi connectivity index (χ1n) is 6.99. The van der Waals surface area contributed by atoms with Gasteiger partial charge in [0.25, 0.3) is 5.69 Å². The molecular formula is C18H12N2O2. The lowest BCUT2D eigenvalue weighted by molar-refractivity contribution is -0.384. The van der Waals surface area contributed by atoms with Gasteiger partial charge in [-0.2, -0.15) is 0 Å². The lowest BCUT2D eigenvalue weighted by Gasteiger charge is -2.06. The van der Waals surface area contributed by atoms with E-state index in [0.29, 0.717) is 0 Å². The van der Waals surface area contributed by atoms with Gasteiger partial charge in [-0.1, -0.05) is 36.4 Å². The van der Waals surface area contributed by atoms with E-state index < -0.39 is 0 Å². The summed E-state index contributed by atoms with van der Waals surface area (Å²) in [7, 11) is 0. The highest BCUT2D eigenvalue weighted by Crippen LogP contribution is 2.33. The molecule has 4 nitrogen and oxygen atoms in total. The molecule has 0 aliphatic heterocycles. The molecule has 4 rings (SSSR count). The summed E-state index contributed by atoms with van der Waals surface area (Å²) in [5.74, 6) is 0. The Hall–Kier alpha value is -3.14. The van der Waals surface area contributed by atoms with Crippen LogP contribution in [0.3, 0.4) is 0 Å². The van der Waals surface area contributed by atoms with Gasteiger partial charge in [-0.05, 0) is 24.3 Å². The Labute approximate surface area is 126 Å². The number of aromatic nitrogens is 1. The van der Waals surface area contributed by atoms with Crippen LogP contribution in [0.15, 0.2) is 72.8 Å². The molecule has 0 unspecified atom stereocenters. The van der Waals surface area contributed by atoms with E-state index >= 15 is 0 Å². The Bertz CT molecular complexity index is 1000. The van der Waals surface area contributed by atoms with Gasteiger partial charge in [-0.15, -0.1) is 0 Å². The minimum atomic E-state index is -0.353. The molecule has 0 radical (unpaired) electrons. The monoisotopic (exact) mass is 288 g/mol. The highest BCUT2D eigenvalue weighted by atomic mass is 16.6. The SMILES string of the molecule is O=[N+]([O-])c1ccc2c(c1)c1ccccc1n2-c1ccccc1. The summed E-state index contributed by atoms with van der Waals surface area (Å²) < 4.78 is 2.13. The second-order valence-electron chi connectivity index (χ2n) is 5.15. The first-order chi connectivity index (χ1) is 10.8. The fourth-order valence-corrected chi connectivity index (χ4v) is 2.93. The Balaban J connectivity index is 2.17.